The number of amides is 1. The molecule has 2 N–H and O–H groups in total. The lowest BCUT2D eigenvalue weighted by Crippen LogP contribution is -2.49. The minimum absolute atomic E-state index is 0.300. The van der Waals surface area contributed by atoms with Crippen LogP contribution in [0, 0.1) is 6.92 Å². The van der Waals surface area contributed by atoms with Crippen LogP contribution in [0.25, 0.3) is 0 Å². The Balaban J connectivity index is 1.43. The lowest BCUT2D eigenvalue weighted by molar-refractivity contribution is -0.134. The molecular weight excluding hydrogens is 322 g/mol. The molecule has 24 heavy (non-hydrogen) atoms. The van der Waals surface area contributed by atoms with E-state index in [0.29, 0.717) is 31.0 Å². The fourth-order valence-corrected chi connectivity index (χ4v) is 4.42. The average molecular weight is 352 g/mol. The van der Waals surface area contributed by atoms with Crippen molar-refractivity contribution < 1.29 is 4.79 Å². The van der Waals surface area contributed by atoms with Crippen LogP contribution >= 0.6 is 11.3 Å². The van der Waals surface area contributed by atoms with Gasteiger partial charge in [0.1, 0.15) is 0 Å². The van der Waals surface area contributed by atoms with Gasteiger partial charge in [-0.15, -0.1) is 11.3 Å². The molecule has 2 fully saturated rings. The topological polar surface area (TPSA) is 65.7 Å². The molecule has 3 heterocycles. The zero-order valence-corrected chi connectivity index (χ0v) is 15.6. The Bertz CT molecular complexity index is 555. The Morgan fingerprint density at radius 1 is 1.29 bits per heavy atom. The van der Waals surface area contributed by atoms with Gasteiger partial charge in [0.25, 0.3) is 0 Å². The van der Waals surface area contributed by atoms with Gasteiger partial charge in [-0.05, 0) is 26.8 Å². The van der Waals surface area contributed by atoms with Crippen molar-refractivity contribution >= 4 is 17.2 Å². The molecule has 2 atom stereocenters. The lowest BCUT2D eigenvalue weighted by atomic mass is 10.1. The summed E-state index contributed by atoms with van der Waals surface area (Å²) in [4.78, 5) is 23.9. The molecule has 7 heteroatoms. The van der Waals surface area contributed by atoms with Crippen LogP contribution in [0.1, 0.15) is 30.0 Å². The van der Waals surface area contributed by atoms with Gasteiger partial charge in [-0.3, -0.25) is 14.6 Å². The minimum atomic E-state index is 0.300. The molecular formula is C17H29N5OS. The van der Waals surface area contributed by atoms with Gasteiger partial charge in [0.15, 0.2) is 0 Å². The smallest absolute Gasteiger partial charge is 0.224 e. The van der Waals surface area contributed by atoms with Crippen molar-refractivity contribution in [2.45, 2.75) is 44.8 Å². The molecule has 0 unspecified atom stereocenters. The molecule has 1 aromatic heterocycles. The zero-order valence-electron chi connectivity index (χ0n) is 14.8. The molecule has 0 spiro atoms. The van der Waals surface area contributed by atoms with Crippen LogP contribution in [0.4, 0.5) is 0 Å². The fraction of sp³-hybridized carbons (Fsp3) is 0.765. The number of likely N-dealkylation sites (tertiary alicyclic amines) is 1. The third kappa shape index (κ3) is 4.14. The molecule has 134 valence electrons. The molecule has 2 aliphatic heterocycles. The first kappa shape index (κ1) is 17.8. The maximum absolute atomic E-state index is 12.6. The SMILES string of the molecule is Cc1nc(CN2CCN(C(=O)C[C@@H]3CC[C@H](CN)N3C)CC2)cs1. The van der Waals surface area contributed by atoms with Crippen molar-refractivity contribution in [2.75, 3.05) is 39.8 Å². The second-order valence-corrected chi connectivity index (χ2v) is 8.07. The standard InChI is InChI=1S/C17H29N5OS/c1-13-19-14(12-24-13)11-21-5-7-22(8-6-21)17(23)9-15-3-4-16(10-18)20(15)2/h12,15-16H,3-11,18H2,1-2H3/t15-,16+/m0/s1. The number of carbonyl (C=O) groups is 1. The predicted molar refractivity (Wildman–Crippen MR) is 97.0 cm³/mol. The number of aryl methyl sites for hydroxylation is 1. The first-order valence-corrected chi connectivity index (χ1v) is 9.78. The van der Waals surface area contributed by atoms with E-state index in [4.69, 9.17) is 5.73 Å². The van der Waals surface area contributed by atoms with Crippen molar-refractivity contribution in [2.24, 2.45) is 5.73 Å². The molecule has 0 bridgehead atoms. The average Bonchev–Trinajstić information content (AvgIpc) is 3.14. The molecule has 2 aliphatic rings. The molecule has 2 saturated heterocycles. The fourth-order valence-electron chi connectivity index (χ4n) is 3.82. The lowest BCUT2D eigenvalue weighted by Gasteiger charge is -2.35. The maximum atomic E-state index is 12.6. The molecule has 0 radical (unpaired) electrons. The van der Waals surface area contributed by atoms with E-state index in [0.717, 1.165) is 56.3 Å². The molecule has 0 aliphatic carbocycles. The maximum Gasteiger partial charge on any atom is 0.224 e. The van der Waals surface area contributed by atoms with Crippen molar-refractivity contribution in [1.82, 2.24) is 19.7 Å². The van der Waals surface area contributed by atoms with Crippen molar-refractivity contribution in [3.63, 3.8) is 0 Å². The highest BCUT2D eigenvalue weighted by Crippen LogP contribution is 2.24. The van der Waals surface area contributed by atoms with Gasteiger partial charge in [-0.1, -0.05) is 0 Å². The Labute approximate surface area is 148 Å². The first-order valence-electron chi connectivity index (χ1n) is 8.90. The van der Waals surface area contributed by atoms with Crippen molar-refractivity contribution in [1.29, 1.82) is 0 Å². The highest BCUT2D eigenvalue weighted by molar-refractivity contribution is 7.09. The van der Waals surface area contributed by atoms with E-state index in [1.54, 1.807) is 11.3 Å². The minimum Gasteiger partial charge on any atom is -0.340 e. The number of likely N-dealkylation sites (N-methyl/N-ethyl adjacent to an activating group) is 1. The Kier molecular flexibility index (Phi) is 5.86. The van der Waals surface area contributed by atoms with Crippen LogP contribution in [0.15, 0.2) is 5.38 Å². The van der Waals surface area contributed by atoms with E-state index >= 15 is 0 Å². The zero-order chi connectivity index (χ0) is 17.1. The Hall–Kier alpha value is -1.02. The van der Waals surface area contributed by atoms with Gasteiger partial charge >= 0.3 is 0 Å². The normalized spacial score (nSPS) is 26.2. The van der Waals surface area contributed by atoms with E-state index in [1.807, 2.05) is 11.8 Å². The number of hydrogen-bond donors (Lipinski definition) is 1. The summed E-state index contributed by atoms with van der Waals surface area (Å²) >= 11 is 1.70. The van der Waals surface area contributed by atoms with Crippen LogP contribution in [0.3, 0.4) is 0 Å². The summed E-state index contributed by atoms with van der Waals surface area (Å²) in [6.07, 6.45) is 2.84. The highest BCUT2D eigenvalue weighted by atomic mass is 32.1. The largest absolute Gasteiger partial charge is 0.340 e. The van der Waals surface area contributed by atoms with Crippen molar-refractivity contribution in [3.05, 3.63) is 16.1 Å². The van der Waals surface area contributed by atoms with Crippen molar-refractivity contribution in [3.8, 4) is 0 Å². The molecule has 1 amide bonds. The van der Waals surface area contributed by atoms with E-state index in [-0.39, 0.29) is 0 Å². The number of nitrogens with zero attached hydrogens (tertiary/aromatic N) is 4. The van der Waals surface area contributed by atoms with Gasteiger partial charge in [0, 0.05) is 63.2 Å². The van der Waals surface area contributed by atoms with Crippen LogP contribution in [-0.2, 0) is 11.3 Å². The van der Waals surface area contributed by atoms with Gasteiger partial charge in [-0.25, -0.2) is 4.98 Å². The number of piperazine rings is 1. The van der Waals surface area contributed by atoms with Crippen LogP contribution in [-0.4, -0.2) is 77.4 Å². The van der Waals surface area contributed by atoms with E-state index < -0.39 is 0 Å². The van der Waals surface area contributed by atoms with Crippen LogP contribution < -0.4 is 5.73 Å². The summed E-state index contributed by atoms with van der Waals surface area (Å²) < 4.78 is 0. The summed E-state index contributed by atoms with van der Waals surface area (Å²) in [5, 5.41) is 3.26. The number of carbonyl (C=O) groups excluding carboxylic acids is 1. The quantitative estimate of drug-likeness (QED) is 0.854. The number of aromatic nitrogens is 1. The monoisotopic (exact) mass is 351 g/mol. The van der Waals surface area contributed by atoms with Gasteiger partial charge < -0.3 is 10.6 Å². The summed E-state index contributed by atoms with van der Waals surface area (Å²) in [7, 11) is 2.11. The molecule has 0 saturated carbocycles. The molecule has 6 nitrogen and oxygen atoms in total. The summed E-state index contributed by atoms with van der Waals surface area (Å²) in [6.45, 7) is 7.17. The number of hydrogen-bond acceptors (Lipinski definition) is 6. The predicted octanol–water partition coefficient (Wildman–Crippen LogP) is 0.907. The molecule has 0 aromatic carbocycles. The summed E-state index contributed by atoms with van der Waals surface area (Å²) in [5.74, 6) is 0.300. The van der Waals surface area contributed by atoms with Gasteiger partial charge in [0.05, 0.1) is 10.7 Å². The van der Waals surface area contributed by atoms with E-state index in [1.165, 1.54) is 0 Å². The first-order chi connectivity index (χ1) is 11.6. The summed E-state index contributed by atoms with van der Waals surface area (Å²) in [5.41, 5.74) is 6.94. The summed E-state index contributed by atoms with van der Waals surface area (Å²) in [6, 6.07) is 0.809. The number of rotatable bonds is 5. The van der Waals surface area contributed by atoms with Crippen LogP contribution in [0.5, 0.6) is 0 Å². The van der Waals surface area contributed by atoms with E-state index in [9.17, 15) is 4.79 Å². The Morgan fingerprint density at radius 2 is 2.00 bits per heavy atom. The second-order valence-electron chi connectivity index (χ2n) is 7.01. The highest BCUT2D eigenvalue weighted by Gasteiger charge is 2.32. The van der Waals surface area contributed by atoms with E-state index in [2.05, 4.69) is 27.2 Å². The van der Waals surface area contributed by atoms with Gasteiger partial charge in [0.2, 0.25) is 5.91 Å². The van der Waals surface area contributed by atoms with Gasteiger partial charge in [-0.2, -0.15) is 0 Å². The molecule has 1 aromatic rings. The third-order valence-electron chi connectivity index (χ3n) is 5.44. The molecule has 3 rings (SSSR count). The number of thiazole rings is 1. The number of nitrogens with two attached hydrogens (primary N) is 1. The third-order valence-corrected chi connectivity index (χ3v) is 6.27. The van der Waals surface area contributed by atoms with Crippen LogP contribution in [0.2, 0.25) is 0 Å². The second kappa shape index (κ2) is 7.91. The Morgan fingerprint density at radius 3 is 2.58 bits per heavy atom.